The van der Waals surface area contributed by atoms with E-state index in [0.29, 0.717) is 10.9 Å². The highest BCUT2D eigenvalue weighted by Crippen LogP contribution is 2.28. The lowest BCUT2D eigenvalue weighted by molar-refractivity contribution is 0.314. The summed E-state index contributed by atoms with van der Waals surface area (Å²) in [7, 11) is 0. The lowest BCUT2D eigenvalue weighted by atomic mass is 10.2. The fourth-order valence-corrected chi connectivity index (χ4v) is 3.29. The summed E-state index contributed by atoms with van der Waals surface area (Å²) in [4.78, 5) is 0. The maximum absolute atomic E-state index is 13.8. The molecule has 10 heteroatoms. The summed E-state index contributed by atoms with van der Waals surface area (Å²) in [5, 5.41) is 22.6. The number of nitrogens with one attached hydrogen (secondary N) is 1. The van der Waals surface area contributed by atoms with Crippen LogP contribution in [0.3, 0.4) is 0 Å². The summed E-state index contributed by atoms with van der Waals surface area (Å²) in [5.41, 5.74) is 0.225. The Kier molecular flexibility index (Phi) is 6.09. The maximum atomic E-state index is 13.8. The monoisotopic (exact) mass is 403 g/mol. The highest BCUT2D eigenvalue weighted by atomic mass is 32.1. The molecule has 3 aromatic rings. The van der Waals surface area contributed by atoms with E-state index in [2.05, 4.69) is 32.4 Å². The summed E-state index contributed by atoms with van der Waals surface area (Å²) in [6.07, 6.45) is 5.34. The molecule has 1 aromatic carbocycles. The van der Waals surface area contributed by atoms with E-state index in [1.165, 1.54) is 28.2 Å². The van der Waals surface area contributed by atoms with Crippen molar-refractivity contribution < 1.29 is 8.78 Å². The summed E-state index contributed by atoms with van der Waals surface area (Å²) >= 11 is 1.37. The van der Waals surface area contributed by atoms with Gasteiger partial charge in [0.1, 0.15) is 11.0 Å². The van der Waals surface area contributed by atoms with Crippen molar-refractivity contribution in [2.45, 2.75) is 26.4 Å². The maximum Gasteiger partial charge on any atom is 0.211 e. The van der Waals surface area contributed by atoms with Gasteiger partial charge in [-0.3, -0.25) is 9.69 Å². The van der Waals surface area contributed by atoms with Crippen molar-refractivity contribution in [2.24, 2.45) is 5.10 Å². The molecule has 0 saturated heterocycles. The van der Waals surface area contributed by atoms with Gasteiger partial charge in [-0.1, -0.05) is 29.5 Å². The number of benzene rings is 1. The quantitative estimate of drug-likeness (QED) is 0.448. The summed E-state index contributed by atoms with van der Waals surface area (Å²) in [6, 6.07) is 5.68. The van der Waals surface area contributed by atoms with Gasteiger partial charge >= 0.3 is 0 Å². The molecule has 28 heavy (non-hydrogen) atoms. The number of hydrogen-bond donors (Lipinski definition) is 1. The fourth-order valence-electron chi connectivity index (χ4n) is 2.49. The molecule has 0 aliphatic carbocycles. The Labute approximate surface area is 165 Å². The van der Waals surface area contributed by atoms with Crippen molar-refractivity contribution in [1.82, 2.24) is 25.0 Å². The van der Waals surface area contributed by atoms with Crippen LogP contribution < -0.4 is 5.32 Å². The molecular formula is C18H19F2N7S. The molecular weight excluding hydrogens is 384 g/mol. The summed E-state index contributed by atoms with van der Waals surface area (Å²) in [6.45, 7) is 7.51. The van der Waals surface area contributed by atoms with Crippen molar-refractivity contribution in [3.8, 4) is 0 Å². The van der Waals surface area contributed by atoms with E-state index in [-0.39, 0.29) is 18.2 Å². The molecule has 1 N–H and O–H groups in total. The number of anilines is 2. The standard InChI is InChI=1S/C18H19F2N7S/c1-4-9-27(21-3)12(2)17-23-24-18(28-17)22-15-8-10-26(25-15)11-13-6-5-7-14(19)16(13)20/h4-10,12H,3,11H2,1-2H3,(H,22,24,25)/b9-4-. The molecule has 7 nitrogen and oxygen atoms in total. The van der Waals surface area contributed by atoms with Gasteiger partial charge in [-0.05, 0) is 19.9 Å². The molecule has 146 valence electrons. The van der Waals surface area contributed by atoms with Gasteiger partial charge in [-0.2, -0.15) is 10.2 Å². The van der Waals surface area contributed by atoms with E-state index in [4.69, 9.17) is 0 Å². The lowest BCUT2D eigenvalue weighted by Crippen LogP contribution is -2.14. The SMILES string of the molecule is C=NN(/C=C\C)C(C)c1nnc(Nc2ccn(Cc3cccc(F)c3F)n2)s1. The molecule has 0 amide bonds. The Balaban J connectivity index is 1.68. The molecule has 0 aliphatic rings. The first-order valence-electron chi connectivity index (χ1n) is 8.46. The molecule has 2 aromatic heterocycles. The van der Waals surface area contributed by atoms with Crippen LogP contribution in [0.5, 0.6) is 0 Å². The van der Waals surface area contributed by atoms with E-state index in [0.717, 1.165) is 11.1 Å². The van der Waals surface area contributed by atoms with Gasteiger partial charge in [0.25, 0.3) is 0 Å². The van der Waals surface area contributed by atoms with Crippen molar-refractivity contribution in [3.05, 3.63) is 64.9 Å². The van der Waals surface area contributed by atoms with E-state index >= 15 is 0 Å². The zero-order valence-corrected chi connectivity index (χ0v) is 16.2. The Bertz CT molecular complexity index is 982. The number of halogens is 2. The Morgan fingerprint density at radius 1 is 1.36 bits per heavy atom. The van der Waals surface area contributed by atoms with Crippen molar-refractivity contribution in [2.75, 3.05) is 5.32 Å². The predicted molar refractivity (Wildman–Crippen MR) is 105 cm³/mol. The second kappa shape index (κ2) is 8.70. The smallest absolute Gasteiger partial charge is 0.211 e. The van der Waals surface area contributed by atoms with Crippen molar-refractivity contribution in [1.29, 1.82) is 0 Å². The van der Waals surface area contributed by atoms with Crippen molar-refractivity contribution in [3.63, 3.8) is 0 Å². The molecule has 0 fully saturated rings. The van der Waals surface area contributed by atoms with E-state index in [9.17, 15) is 8.78 Å². The lowest BCUT2D eigenvalue weighted by Gasteiger charge is -2.19. The number of rotatable bonds is 8. The zero-order chi connectivity index (χ0) is 20.1. The van der Waals surface area contributed by atoms with Crippen LogP contribution in [0, 0.1) is 11.6 Å². The molecule has 0 radical (unpaired) electrons. The normalized spacial score (nSPS) is 12.3. The highest BCUT2D eigenvalue weighted by Gasteiger charge is 2.17. The Morgan fingerprint density at radius 2 is 2.18 bits per heavy atom. The first kappa shape index (κ1) is 19.6. The second-order valence-electron chi connectivity index (χ2n) is 5.86. The van der Waals surface area contributed by atoms with Crippen molar-refractivity contribution >= 4 is 29.0 Å². The summed E-state index contributed by atoms with van der Waals surface area (Å²) in [5.74, 6) is -1.21. The number of allylic oxidation sites excluding steroid dienone is 1. The van der Waals surface area contributed by atoms with Gasteiger partial charge in [0.2, 0.25) is 5.13 Å². The van der Waals surface area contributed by atoms with Crippen LogP contribution in [0.4, 0.5) is 19.7 Å². The highest BCUT2D eigenvalue weighted by molar-refractivity contribution is 7.15. The topological polar surface area (TPSA) is 71.2 Å². The third kappa shape index (κ3) is 4.39. The van der Waals surface area contributed by atoms with Crippen LogP contribution in [0.25, 0.3) is 0 Å². The molecule has 1 atom stereocenters. The van der Waals surface area contributed by atoms with Gasteiger partial charge < -0.3 is 5.32 Å². The number of aromatic nitrogens is 4. The van der Waals surface area contributed by atoms with Gasteiger partial charge in [0.15, 0.2) is 17.5 Å². The van der Waals surface area contributed by atoms with Crippen LogP contribution in [0.15, 0.2) is 47.8 Å². The average molecular weight is 403 g/mol. The number of hydrazone groups is 1. The predicted octanol–water partition coefficient (Wildman–Crippen LogP) is 4.32. The Hall–Kier alpha value is -3.14. The first-order valence-corrected chi connectivity index (χ1v) is 9.28. The second-order valence-corrected chi connectivity index (χ2v) is 6.87. The summed E-state index contributed by atoms with van der Waals surface area (Å²) < 4.78 is 28.6. The minimum Gasteiger partial charge on any atom is -0.313 e. The molecule has 3 rings (SSSR count). The van der Waals surface area contributed by atoms with Crippen LogP contribution in [0.1, 0.15) is 30.5 Å². The number of nitrogens with zero attached hydrogens (tertiary/aromatic N) is 6. The minimum atomic E-state index is -0.875. The molecule has 0 aliphatic heterocycles. The molecule has 0 spiro atoms. The molecule has 0 bridgehead atoms. The third-order valence-corrected chi connectivity index (χ3v) is 4.91. The van der Waals surface area contributed by atoms with Crippen LogP contribution >= 0.6 is 11.3 Å². The zero-order valence-electron chi connectivity index (χ0n) is 15.4. The van der Waals surface area contributed by atoms with E-state index in [1.54, 1.807) is 23.5 Å². The fraction of sp³-hybridized carbons (Fsp3) is 0.222. The van der Waals surface area contributed by atoms with Crippen LogP contribution in [-0.2, 0) is 6.54 Å². The third-order valence-electron chi connectivity index (χ3n) is 3.90. The Morgan fingerprint density at radius 3 is 2.93 bits per heavy atom. The largest absolute Gasteiger partial charge is 0.313 e. The van der Waals surface area contributed by atoms with Crippen LogP contribution in [0.2, 0.25) is 0 Å². The van der Waals surface area contributed by atoms with Gasteiger partial charge in [0.05, 0.1) is 6.54 Å². The molecule has 2 heterocycles. The van der Waals surface area contributed by atoms with E-state index < -0.39 is 11.6 Å². The van der Waals surface area contributed by atoms with Gasteiger partial charge in [0, 0.05) is 30.7 Å². The van der Waals surface area contributed by atoms with Crippen LogP contribution in [-0.4, -0.2) is 31.7 Å². The first-order chi connectivity index (χ1) is 13.5. The molecule has 0 saturated carbocycles. The van der Waals surface area contributed by atoms with Gasteiger partial charge in [-0.25, -0.2) is 8.78 Å². The molecule has 1 unspecified atom stereocenters. The minimum absolute atomic E-state index is 0.116. The average Bonchev–Trinajstić information content (AvgIpc) is 3.33. The van der Waals surface area contributed by atoms with E-state index in [1.807, 2.05) is 19.9 Å². The van der Waals surface area contributed by atoms with Gasteiger partial charge in [-0.15, -0.1) is 10.2 Å². The number of hydrogen-bond acceptors (Lipinski definition) is 7.